The van der Waals surface area contributed by atoms with Crippen molar-refractivity contribution in [1.82, 2.24) is 9.97 Å². The first-order chi connectivity index (χ1) is 7.87. The topological polar surface area (TPSA) is 75.1 Å². The summed E-state index contributed by atoms with van der Waals surface area (Å²) in [7, 11) is 0. The Morgan fingerprint density at radius 3 is 2.47 bits per heavy atom. The molecule has 0 aliphatic carbocycles. The van der Waals surface area contributed by atoms with Gasteiger partial charge in [-0.1, -0.05) is 20.8 Å². The van der Waals surface area contributed by atoms with E-state index in [1.54, 1.807) is 18.5 Å². The van der Waals surface area contributed by atoms with Crippen molar-refractivity contribution in [2.24, 2.45) is 5.41 Å². The van der Waals surface area contributed by atoms with Crippen LogP contribution in [0.2, 0.25) is 0 Å². The van der Waals surface area contributed by atoms with Crippen LogP contribution in [0, 0.1) is 5.41 Å². The van der Waals surface area contributed by atoms with Gasteiger partial charge in [-0.05, 0) is 17.9 Å². The molecule has 0 amide bonds. The lowest BCUT2D eigenvalue weighted by Gasteiger charge is -2.25. The Morgan fingerprint density at radius 2 is 2.00 bits per heavy atom. The normalized spacial score (nSPS) is 13.1. The molecule has 0 saturated carbocycles. The molecule has 1 atom stereocenters. The van der Waals surface area contributed by atoms with Crippen LogP contribution >= 0.6 is 0 Å². The van der Waals surface area contributed by atoms with Gasteiger partial charge in [0.1, 0.15) is 0 Å². The van der Waals surface area contributed by atoms with Gasteiger partial charge in [0.15, 0.2) is 0 Å². The van der Waals surface area contributed by atoms with Crippen molar-refractivity contribution in [1.29, 1.82) is 0 Å². The highest BCUT2D eigenvalue weighted by Crippen LogP contribution is 2.23. The number of carboxylic acids is 1. The molecule has 0 saturated heterocycles. The molecule has 2 N–H and O–H groups in total. The number of hydrogen-bond donors (Lipinski definition) is 2. The summed E-state index contributed by atoms with van der Waals surface area (Å²) in [4.78, 5) is 18.9. The first kappa shape index (κ1) is 13.4. The van der Waals surface area contributed by atoms with Crippen LogP contribution in [-0.4, -0.2) is 27.1 Å². The number of nitrogens with one attached hydrogen (secondary N) is 1. The maximum Gasteiger partial charge on any atom is 0.305 e. The quantitative estimate of drug-likeness (QED) is 0.820. The molecule has 1 unspecified atom stereocenters. The van der Waals surface area contributed by atoms with Gasteiger partial charge in [0, 0.05) is 18.4 Å². The van der Waals surface area contributed by atoms with Crippen molar-refractivity contribution in [2.45, 2.75) is 39.7 Å². The number of aromatic nitrogens is 2. The smallest absolute Gasteiger partial charge is 0.305 e. The summed E-state index contributed by atoms with van der Waals surface area (Å²) in [5, 5.41) is 11.9. The average molecular weight is 237 g/mol. The highest BCUT2D eigenvalue weighted by molar-refractivity contribution is 5.68. The van der Waals surface area contributed by atoms with Gasteiger partial charge < -0.3 is 10.4 Å². The van der Waals surface area contributed by atoms with E-state index in [2.05, 4.69) is 36.1 Å². The Kier molecular flexibility index (Phi) is 4.43. The lowest BCUT2D eigenvalue weighted by Crippen LogP contribution is -2.29. The summed E-state index contributed by atoms with van der Waals surface area (Å²) >= 11 is 0. The van der Waals surface area contributed by atoms with E-state index in [0.29, 0.717) is 5.95 Å². The molecule has 17 heavy (non-hydrogen) atoms. The molecule has 0 aromatic carbocycles. The van der Waals surface area contributed by atoms with Crippen molar-refractivity contribution in [2.75, 3.05) is 5.32 Å². The molecule has 0 aliphatic heterocycles. The summed E-state index contributed by atoms with van der Waals surface area (Å²) in [5.74, 6) is -0.342. The second-order valence-corrected chi connectivity index (χ2v) is 5.28. The summed E-state index contributed by atoms with van der Waals surface area (Å²) in [6.07, 6.45) is 4.07. The van der Waals surface area contributed by atoms with E-state index >= 15 is 0 Å². The zero-order valence-corrected chi connectivity index (χ0v) is 10.5. The average Bonchev–Trinajstić information content (AvgIpc) is 2.15. The van der Waals surface area contributed by atoms with E-state index < -0.39 is 5.97 Å². The van der Waals surface area contributed by atoms with Crippen LogP contribution < -0.4 is 5.32 Å². The molecule has 0 bridgehead atoms. The second-order valence-electron chi connectivity index (χ2n) is 5.28. The molecule has 0 fully saturated rings. The van der Waals surface area contributed by atoms with Crippen molar-refractivity contribution in [3.8, 4) is 0 Å². The molecule has 0 aliphatic rings. The second kappa shape index (κ2) is 5.61. The first-order valence-corrected chi connectivity index (χ1v) is 5.62. The Labute approximate surface area is 101 Å². The van der Waals surface area contributed by atoms with E-state index in [9.17, 15) is 4.79 Å². The third kappa shape index (κ3) is 5.85. The monoisotopic (exact) mass is 237 g/mol. The lowest BCUT2D eigenvalue weighted by molar-refractivity contribution is -0.137. The summed E-state index contributed by atoms with van der Waals surface area (Å²) in [6.45, 7) is 6.24. The largest absolute Gasteiger partial charge is 0.481 e. The lowest BCUT2D eigenvalue weighted by atomic mass is 9.87. The summed E-state index contributed by atoms with van der Waals surface area (Å²) < 4.78 is 0. The Morgan fingerprint density at radius 1 is 1.41 bits per heavy atom. The molecule has 1 rings (SSSR count). The minimum absolute atomic E-state index is 0.0574. The van der Waals surface area contributed by atoms with Gasteiger partial charge >= 0.3 is 5.97 Å². The number of anilines is 1. The van der Waals surface area contributed by atoms with Gasteiger partial charge in [0.25, 0.3) is 0 Å². The molecule has 0 spiro atoms. The van der Waals surface area contributed by atoms with Gasteiger partial charge in [0.2, 0.25) is 5.95 Å². The van der Waals surface area contributed by atoms with Gasteiger partial charge in [-0.25, -0.2) is 9.97 Å². The number of aliphatic carboxylic acids is 1. The van der Waals surface area contributed by atoms with Gasteiger partial charge in [-0.15, -0.1) is 0 Å². The molecule has 1 aromatic heterocycles. The fraction of sp³-hybridized carbons (Fsp3) is 0.583. The van der Waals surface area contributed by atoms with Crippen LogP contribution in [-0.2, 0) is 4.79 Å². The van der Waals surface area contributed by atoms with Gasteiger partial charge in [0.05, 0.1) is 6.42 Å². The van der Waals surface area contributed by atoms with Crippen molar-refractivity contribution in [3.63, 3.8) is 0 Å². The minimum Gasteiger partial charge on any atom is -0.481 e. The van der Waals surface area contributed by atoms with Crippen LogP contribution in [0.1, 0.15) is 33.6 Å². The molecule has 1 heterocycles. The van der Waals surface area contributed by atoms with Crippen LogP contribution in [0.15, 0.2) is 18.5 Å². The first-order valence-electron chi connectivity index (χ1n) is 5.62. The highest BCUT2D eigenvalue weighted by Gasteiger charge is 2.21. The fourth-order valence-corrected chi connectivity index (χ4v) is 1.68. The van der Waals surface area contributed by atoms with Crippen LogP contribution in [0.5, 0.6) is 0 Å². The van der Waals surface area contributed by atoms with Crippen molar-refractivity contribution < 1.29 is 9.90 Å². The highest BCUT2D eigenvalue weighted by atomic mass is 16.4. The van der Waals surface area contributed by atoms with E-state index in [1.165, 1.54) is 0 Å². The van der Waals surface area contributed by atoms with Crippen LogP contribution in [0.3, 0.4) is 0 Å². The predicted octanol–water partition coefficient (Wildman–Crippen LogP) is 2.17. The van der Waals surface area contributed by atoms with E-state index in [1.807, 2.05) is 0 Å². The maximum absolute atomic E-state index is 10.8. The van der Waals surface area contributed by atoms with Gasteiger partial charge in [-0.3, -0.25) is 4.79 Å². The molecule has 0 radical (unpaired) electrons. The van der Waals surface area contributed by atoms with E-state index in [0.717, 1.165) is 6.42 Å². The minimum atomic E-state index is -0.817. The zero-order chi connectivity index (χ0) is 12.9. The third-order valence-electron chi connectivity index (χ3n) is 2.18. The molecule has 94 valence electrons. The number of carboxylic acid groups (broad SMARTS) is 1. The predicted molar refractivity (Wildman–Crippen MR) is 65.8 cm³/mol. The van der Waals surface area contributed by atoms with Crippen LogP contribution in [0.25, 0.3) is 0 Å². The SMILES string of the molecule is CC(C)(C)CC(CC(=O)O)Nc1ncccn1. The number of carbonyl (C=O) groups is 1. The standard InChI is InChI=1S/C12H19N3O2/c1-12(2,3)8-9(7-10(16)17)15-11-13-5-4-6-14-11/h4-6,9H,7-8H2,1-3H3,(H,16,17)(H,13,14,15). The third-order valence-corrected chi connectivity index (χ3v) is 2.18. The van der Waals surface area contributed by atoms with Gasteiger partial charge in [-0.2, -0.15) is 0 Å². The Balaban J connectivity index is 2.67. The number of hydrogen-bond acceptors (Lipinski definition) is 4. The summed E-state index contributed by atoms with van der Waals surface area (Å²) in [6, 6.07) is 1.57. The Hall–Kier alpha value is -1.65. The number of nitrogens with zero attached hydrogens (tertiary/aromatic N) is 2. The molecular formula is C12H19N3O2. The molecule has 5 heteroatoms. The fourth-order valence-electron chi connectivity index (χ4n) is 1.68. The zero-order valence-electron chi connectivity index (χ0n) is 10.5. The molecule has 5 nitrogen and oxygen atoms in total. The number of rotatable bonds is 5. The molecule has 1 aromatic rings. The van der Waals surface area contributed by atoms with Crippen molar-refractivity contribution >= 4 is 11.9 Å². The van der Waals surface area contributed by atoms with Crippen LogP contribution in [0.4, 0.5) is 5.95 Å². The summed E-state index contributed by atoms with van der Waals surface area (Å²) in [5.41, 5.74) is 0.0574. The van der Waals surface area contributed by atoms with E-state index in [-0.39, 0.29) is 17.9 Å². The van der Waals surface area contributed by atoms with Crippen molar-refractivity contribution in [3.05, 3.63) is 18.5 Å². The maximum atomic E-state index is 10.8. The molecular weight excluding hydrogens is 218 g/mol. The van der Waals surface area contributed by atoms with E-state index in [4.69, 9.17) is 5.11 Å². The Bertz CT molecular complexity index is 360.